The third kappa shape index (κ3) is 3.94. The van der Waals surface area contributed by atoms with Crippen LogP contribution in [0, 0.1) is 0 Å². The topological polar surface area (TPSA) is 90.9 Å². The van der Waals surface area contributed by atoms with Gasteiger partial charge in [-0.1, -0.05) is 30.3 Å². The van der Waals surface area contributed by atoms with Crippen molar-refractivity contribution >= 4 is 12.0 Å². The number of morpholine rings is 1. The fourth-order valence-corrected chi connectivity index (χ4v) is 1.92. The molecule has 0 aliphatic carbocycles. The van der Waals surface area contributed by atoms with Gasteiger partial charge in [0, 0.05) is 13.1 Å². The molecule has 1 unspecified atom stereocenters. The molecule has 20 heavy (non-hydrogen) atoms. The van der Waals surface area contributed by atoms with E-state index in [1.165, 1.54) is 0 Å². The molecule has 1 aliphatic heterocycles. The van der Waals surface area contributed by atoms with E-state index in [1.54, 1.807) is 35.3 Å². The van der Waals surface area contributed by atoms with Crippen molar-refractivity contribution in [2.45, 2.75) is 6.04 Å². The Kier molecular flexibility index (Phi) is 4.91. The van der Waals surface area contributed by atoms with E-state index in [1.807, 2.05) is 0 Å². The Hall–Kier alpha value is -2.12. The maximum atomic E-state index is 11.8. The molecule has 0 spiro atoms. The van der Waals surface area contributed by atoms with Gasteiger partial charge in [0.05, 0.1) is 13.2 Å². The van der Waals surface area contributed by atoms with E-state index in [2.05, 4.69) is 10.7 Å². The number of nitrogens with zero attached hydrogens (tertiary/aromatic N) is 1. The normalized spacial score (nSPS) is 17.2. The lowest BCUT2D eigenvalue weighted by atomic mass is 10.1. The summed E-state index contributed by atoms with van der Waals surface area (Å²) in [6, 6.07) is 6.96. The molecule has 0 bridgehead atoms. The van der Waals surface area contributed by atoms with Gasteiger partial charge in [-0.15, -0.1) is 0 Å². The molecule has 1 aliphatic rings. The molecule has 1 aromatic rings. The van der Waals surface area contributed by atoms with Gasteiger partial charge in [0.25, 0.3) is 0 Å². The minimum Gasteiger partial charge on any atom is -0.479 e. The highest BCUT2D eigenvalue weighted by Gasteiger charge is 2.23. The Labute approximate surface area is 116 Å². The Bertz CT molecular complexity index is 460. The lowest BCUT2D eigenvalue weighted by Gasteiger charge is -2.27. The lowest BCUT2D eigenvalue weighted by molar-refractivity contribution is -0.139. The molecular formula is C13H17N3O4. The van der Waals surface area contributed by atoms with Gasteiger partial charge < -0.3 is 15.2 Å². The average molecular weight is 279 g/mol. The van der Waals surface area contributed by atoms with Gasteiger partial charge in [-0.2, -0.15) is 0 Å². The van der Waals surface area contributed by atoms with Crippen LogP contribution in [-0.2, 0) is 9.53 Å². The second-order valence-corrected chi connectivity index (χ2v) is 4.37. The van der Waals surface area contributed by atoms with E-state index in [9.17, 15) is 14.7 Å². The van der Waals surface area contributed by atoms with E-state index in [4.69, 9.17) is 4.74 Å². The van der Waals surface area contributed by atoms with Crippen LogP contribution in [0.2, 0.25) is 0 Å². The average Bonchev–Trinajstić information content (AvgIpc) is 2.46. The Morgan fingerprint density at radius 3 is 2.45 bits per heavy atom. The van der Waals surface area contributed by atoms with E-state index in [0.29, 0.717) is 31.9 Å². The number of ether oxygens (including phenoxy) is 1. The number of carbonyl (C=O) groups is 2. The molecule has 1 fully saturated rings. The monoisotopic (exact) mass is 279 g/mol. The second kappa shape index (κ2) is 6.88. The van der Waals surface area contributed by atoms with Crippen molar-refractivity contribution in [2.75, 3.05) is 26.3 Å². The first-order chi connectivity index (χ1) is 9.66. The number of urea groups is 1. The number of hydrazine groups is 1. The van der Waals surface area contributed by atoms with Gasteiger partial charge in [0.2, 0.25) is 0 Å². The molecule has 3 N–H and O–H groups in total. The number of aliphatic carboxylic acids is 1. The van der Waals surface area contributed by atoms with Crippen molar-refractivity contribution in [3.63, 3.8) is 0 Å². The van der Waals surface area contributed by atoms with Gasteiger partial charge >= 0.3 is 12.0 Å². The Balaban J connectivity index is 1.94. The predicted molar refractivity (Wildman–Crippen MR) is 70.9 cm³/mol. The summed E-state index contributed by atoms with van der Waals surface area (Å²) in [5, 5.41) is 13.4. The zero-order chi connectivity index (χ0) is 14.4. The quantitative estimate of drug-likeness (QED) is 0.740. The van der Waals surface area contributed by atoms with Crippen LogP contribution in [0.5, 0.6) is 0 Å². The molecule has 0 aromatic heterocycles. The van der Waals surface area contributed by atoms with Crippen LogP contribution in [-0.4, -0.2) is 48.4 Å². The van der Waals surface area contributed by atoms with Gasteiger partial charge in [-0.05, 0) is 5.56 Å². The molecule has 7 heteroatoms. The number of benzene rings is 1. The number of carboxylic acid groups (broad SMARTS) is 1. The van der Waals surface area contributed by atoms with Crippen molar-refractivity contribution in [1.29, 1.82) is 0 Å². The third-order valence-corrected chi connectivity index (χ3v) is 2.93. The molecule has 108 valence electrons. The minimum atomic E-state index is -1.10. The summed E-state index contributed by atoms with van der Waals surface area (Å²) < 4.78 is 5.16. The third-order valence-electron chi connectivity index (χ3n) is 2.93. The zero-order valence-electron chi connectivity index (χ0n) is 10.9. The number of amides is 2. The number of carbonyl (C=O) groups excluding carboxylic acids is 1. The molecule has 1 aromatic carbocycles. The van der Waals surface area contributed by atoms with Crippen LogP contribution in [0.15, 0.2) is 30.3 Å². The summed E-state index contributed by atoms with van der Waals surface area (Å²) in [4.78, 5) is 23.1. The molecule has 2 rings (SSSR count). The molecule has 0 radical (unpaired) electrons. The highest BCUT2D eigenvalue weighted by atomic mass is 16.5. The lowest BCUT2D eigenvalue weighted by Crippen LogP contribution is -2.52. The van der Waals surface area contributed by atoms with Crippen LogP contribution >= 0.6 is 0 Å². The second-order valence-electron chi connectivity index (χ2n) is 4.37. The fourth-order valence-electron chi connectivity index (χ4n) is 1.92. The van der Waals surface area contributed by atoms with Crippen molar-refractivity contribution in [1.82, 2.24) is 15.8 Å². The molecule has 2 amide bonds. The highest BCUT2D eigenvalue weighted by molar-refractivity contribution is 5.83. The first kappa shape index (κ1) is 14.3. The Morgan fingerprint density at radius 2 is 1.85 bits per heavy atom. The molecule has 7 nitrogen and oxygen atoms in total. The highest BCUT2D eigenvalue weighted by Crippen LogP contribution is 2.12. The van der Waals surface area contributed by atoms with Crippen molar-refractivity contribution in [3.8, 4) is 0 Å². The number of nitrogens with one attached hydrogen (secondary N) is 2. The molecule has 1 atom stereocenters. The zero-order valence-corrected chi connectivity index (χ0v) is 10.9. The van der Waals surface area contributed by atoms with Gasteiger partial charge in [0.1, 0.15) is 0 Å². The molecular weight excluding hydrogens is 262 g/mol. The van der Waals surface area contributed by atoms with E-state index in [0.717, 1.165) is 0 Å². The number of carboxylic acids is 1. The summed E-state index contributed by atoms with van der Waals surface area (Å²) in [5.41, 5.74) is 3.14. The Morgan fingerprint density at radius 1 is 1.20 bits per heavy atom. The van der Waals surface area contributed by atoms with Gasteiger partial charge in [-0.25, -0.2) is 14.6 Å². The summed E-state index contributed by atoms with van der Waals surface area (Å²) in [7, 11) is 0. The maximum absolute atomic E-state index is 11.8. The van der Waals surface area contributed by atoms with Crippen molar-refractivity contribution in [3.05, 3.63) is 35.9 Å². The van der Waals surface area contributed by atoms with Crippen molar-refractivity contribution in [2.24, 2.45) is 0 Å². The summed E-state index contributed by atoms with van der Waals surface area (Å²) in [6.07, 6.45) is 0. The summed E-state index contributed by atoms with van der Waals surface area (Å²) >= 11 is 0. The molecule has 1 saturated heterocycles. The minimum absolute atomic E-state index is 0.525. The largest absolute Gasteiger partial charge is 0.479 e. The smallest absolute Gasteiger partial charge is 0.330 e. The number of hydrogen-bond donors (Lipinski definition) is 3. The van der Waals surface area contributed by atoms with E-state index in [-0.39, 0.29) is 0 Å². The van der Waals surface area contributed by atoms with Crippen LogP contribution in [0.25, 0.3) is 0 Å². The summed E-state index contributed by atoms with van der Waals surface area (Å²) in [6.45, 7) is 2.25. The van der Waals surface area contributed by atoms with Gasteiger partial charge in [0.15, 0.2) is 6.04 Å². The molecule has 0 saturated carbocycles. The van der Waals surface area contributed by atoms with Crippen molar-refractivity contribution < 1.29 is 19.4 Å². The predicted octanol–water partition coefficient (Wildman–Crippen LogP) is 0.359. The maximum Gasteiger partial charge on any atom is 0.330 e. The first-order valence-electron chi connectivity index (χ1n) is 6.34. The van der Waals surface area contributed by atoms with E-state index < -0.39 is 18.0 Å². The summed E-state index contributed by atoms with van der Waals surface area (Å²) in [5.74, 6) is -1.10. The van der Waals surface area contributed by atoms with Crippen LogP contribution in [0.1, 0.15) is 11.6 Å². The fraction of sp³-hybridized carbons (Fsp3) is 0.385. The SMILES string of the molecule is O=C(NC(C(=O)O)c1ccccc1)NN1CCOCC1. The number of hydrogen-bond acceptors (Lipinski definition) is 4. The first-order valence-corrected chi connectivity index (χ1v) is 6.34. The molecule has 1 heterocycles. The van der Waals surface area contributed by atoms with E-state index >= 15 is 0 Å². The van der Waals surface area contributed by atoms with Crippen LogP contribution < -0.4 is 10.7 Å². The number of rotatable bonds is 4. The van der Waals surface area contributed by atoms with Gasteiger partial charge in [-0.3, -0.25) is 5.43 Å². The van der Waals surface area contributed by atoms with Crippen LogP contribution in [0.3, 0.4) is 0 Å². The standard InChI is InChI=1S/C13H17N3O4/c17-12(18)11(10-4-2-1-3-5-10)14-13(19)15-16-6-8-20-9-7-16/h1-5,11H,6-9H2,(H,17,18)(H2,14,15,19). The van der Waals surface area contributed by atoms with Crippen LogP contribution in [0.4, 0.5) is 4.79 Å².